The molecule has 0 aliphatic rings. The topological polar surface area (TPSA) is 47.0 Å². The van der Waals surface area contributed by atoms with Gasteiger partial charge in [0.2, 0.25) is 0 Å². The van der Waals surface area contributed by atoms with Crippen LogP contribution in [0.25, 0.3) is 0 Å². The Morgan fingerprint density at radius 3 is 2.19 bits per heavy atom. The Hall–Kier alpha value is -1.68. The number of pyridine rings is 1. The Morgan fingerprint density at radius 2 is 1.67 bits per heavy atom. The SMILES string of the molecule is CC(C)(C)c1ccc(S(=O)(=O)CCc2ccccn2)cc1. The minimum atomic E-state index is -3.26. The molecule has 0 aliphatic heterocycles. The molecule has 0 fully saturated rings. The number of hydrogen-bond donors (Lipinski definition) is 0. The maximum Gasteiger partial charge on any atom is 0.178 e. The summed E-state index contributed by atoms with van der Waals surface area (Å²) < 4.78 is 24.7. The van der Waals surface area contributed by atoms with Crippen LogP contribution in [-0.2, 0) is 21.7 Å². The minimum absolute atomic E-state index is 0.0241. The van der Waals surface area contributed by atoms with Gasteiger partial charge in [0, 0.05) is 18.3 Å². The lowest BCUT2D eigenvalue weighted by molar-refractivity contribution is 0.586. The lowest BCUT2D eigenvalue weighted by Gasteiger charge is -2.19. The van der Waals surface area contributed by atoms with E-state index < -0.39 is 9.84 Å². The molecule has 21 heavy (non-hydrogen) atoms. The normalized spacial score (nSPS) is 12.3. The second kappa shape index (κ2) is 5.98. The summed E-state index contributed by atoms with van der Waals surface area (Å²) in [5.41, 5.74) is 1.95. The molecule has 0 saturated carbocycles. The van der Waals surface area contributed by atoms with Gasteiger partial charge in [-0.15, -0.1) is 0 Å². The lowest BCUT2D eigenvalue weighted by Crippen LogP contribution is -2.13. The molecule has 1 aromatic heterocycles. The molecule has 0 atom stereocenters. The number of benzene rings is 1. The first-order valence-electron chi connectivity index (χ1n) is 7.02. The van der Waals surface area contributed by atoms with E-state index in [2.05, 4.69) is 25.8 Å². The van der Waals surface area contributed by atoms with Gasteiger partial charge < -0.3 is 0 Å². The van der Waals surface area contributed by atoms with Crippen molar-refractivity contribution < 1.29 is 8.42 Å². The van der Waals surface area contributed by atoms with Crippen LogP contribution in [0.4, 0.5) is 0 Å². The first-order chi connectivity index (χ1) is 9.79. The predicted molar refractivity (Wildman–Crippen MR) is 85.1 cm³/mol. The molecule has 0 amide bonds. The van der Waals surface area contributed by atoms with Crippen molar-refractivity contribution in [1.29, 1.82) is 0 Å². The number of aryl methyl sites for hydroxylation is 1. The molecule has 0 spiro atoms. The zero-order valence-electron chi connectivity index (χ0n) is 12.7. The van der Waals surface area contributed by atoms with Gasteiger partial charge in [0.1, 0.15) is 0 Å². The van der Waals surface area contributed by atoms with Crippen molar-refractivity contribution in [2.75, 3.05) is 5.75 Å². The van der Waals surface area contributed by atoms with Crippen LogP contribution in [-0.4, -0.2) is 19.2 Å². The summed E-state index contributed by atoms with van der Waals surface area (Å²) in [6.45, 7) is 6.33. The largest absolute Gasteiger partial charge is 0.261 e. The van der Waals surface area contributed by atoms with Crippen molar-refractivity contribution in [3.05, 3.63) is 59.9 Å². The molecule has 1 heterocycles. The Bertz CT molecular complexity index is 684. The van der Waals surface area contributed by atoms with E-state index in [9.17, 15) is 8.42 Å². The van der Waals surface area contributed by atoms with Gasteiger partial charge in [0.25, 0.3) is 0 Å². The number of aromatic nitrogens is 1. The molecule has 0 radical (unpaired) electrons. The van der Waals surface area contributed by atoms with Crippen molar-refractivity contribution in [2.24, 2.45) is 0 Å². The summed E-state index contributed by atoms with van der Waals surface area (Å²) in [4.78, 5) is 4.54. The average Bonchev–Trinajstić information content (AvgIpc) is 2.46. The smallest absolute Gasteiger partial charge is 0.178 e. The molecule has 0 N–H and O–H groups in total. The first-order valence-corrected chi connectivity index (χ1v) is 8.67. The van der Waals surface area contributed by atoms with Crippen LogP contribution in [0.5, 0.6) is 0 Å². The molecule has 1 aromatic carbocycles. The van der Waals surface area contributed by atoms with Gasteiger partial charge in [-0.2, -0.15) is 0 Å². The minimum Gasteiger partial charge on any atom is -0.261 e. The molecule has 112 valence electrons. The van der Waals surface area contributed by atoms with Crippen LogP contribution >= 0.6 is 0 Å². The monoisotopic (exact) mass is 303 g/mol. The summed E-state index contributed by atoms with van der Waals surface area (Å²) in [6.07, 6.45) is 2.12. The van der Waals surface area contributed by atoms with Gasteiger partial charge in [-0.3, -0.25) is 4.98 Å². The zero-order chi connectivity index (χ0) is 15.5. The van der Waals surface area contributed by atoms with E-state index in [0.717, 1.165) is 11.3 Å². The van der Waals surface area contributed by atoms with Gasteiger partial charge in [0.05, 0.1) is 10.6 Å². The summed E-state index contributed by atoms with van der Waals surface area (Å²) in [5, 5.41) is 0. The highest BCUT2D eigenvalue weighted by atomic mass is 32.2. The molecular formula is C17H21NO2S. The Labute approximate surface area is 127 Å². The third kappa shape index (κ3) is 4.14. The third-order valence-corrected chi connectivity index (χ3v) is 5.16. The average molecular weight is 303 g/mol. The molecule has 0 unspecified atom stereocenters. The molecular weight excluding hydrogens is 282 g/mol. The van der Waals surface area contributed by atoms with E-state index in [1.54, 1.807) is 18.3 Å². The summed E-state index contributed by atoms with van der Waals surface area (Å²) in [5.74, 6) is 0.0822. The predicted octanol–water partition coefficient (Wildman–Crippen LogP) is 3.40. The van der Waals surface area contributed by atoms with Gasteiger partial charge in [-0.05, 0) is 35.2 Å². The van der Waals surface area contributed by atoms with E-state index in [1.165, 1.54) is 0 Å². The van der Waals surface area contributed by atoms with E-state index in [-0.39, 0.29) is 11.2 Å². The van der Waals surface area contributed by atoms with E-state index in [4.69, 9.17) is 0 Å². The highest BCUT2D eigenvalue weighted by molar-refractivity contribution is 7.91. The summed E-state index contributed by atoms with van der Waals surface area (Å²) >= 11 is 0. The zero-order valence-corrected chi connectivity index (χ0v) is 13.5. The van der Waals surface area contributed by atoms with Crippen LogP contribution in [0.2, 0.25) is 0 Å². The molecule has 0 saturated heterocycles. The third-order valence-electron chi connectivity index (χ3n) is 3.43. The van der Waals surface area contributed by atoms with Gasteiger partial charge in [-0.1, -0.05) is 39.0 Å². The Morgan fingerprint density at radius 1 is 1.00 bits per heavy atom. The van der Waals surface area contributed by atoms with Crippen LogP contribution in [0.15, 0.2) is 53.6 Å². The second-order valence-corrected chi connectivity index (χ2v) is 8.27. The van der Waals surface area contributed by atoms with E-state index >= 15 is 0 Å². The van der Waals surface area contributed by atoms with Crippen LogP contribution in [0.3, 0.4) is 0 Å². The van der Waals surface area contributed by atoms with E-state index in [1.807, 2.05) is 30.3 Å². The van der Waals surface area contributed by atoms with Gasteiger partial charge >= 0.3 is 0 Å². The lowest BCUT2D eigenvalue weighted by atomic mass is 9.87. The van der Waals surface area contributed by atoms with Crippen molar-refractivity contribution in [3.8, 4) is 0 Å². The molecule has 0 aliphatic carbocycles. The van der Waals surface area contributed by atoms with Crippen molar-refractivity contribution in [1.82, 2.24) is 4.98 Å². The van der Waals surface area contributed by atoms with Gasteiger partial charge in [0.15, 0.2) is 9.84 Å². The van der Waals surface area contributed by atoms with Crippen molar-refractivity contribution in [2.45, 2.75) is 37.5 Å². The highest BCUT2D eigenvalue weighted by Crippen LogP contribution is 2.23. The summed E-state index contributed by atoms with van der Waals surface area (Å²) in [7, 11) is -3.26. The maximum absolute atomic E-state index is 12.3. The van der Waals surface area contributed by atoms with E-state index in [0.29, 0.717) is 11.3 Å². The fraction of sp³-hybridized carbons (Fsp3) is 0.353. The quantitative estimate of drug-likeness (QED) is 0.869. The van der Waals surface area contributed by atoms with Crippen molar-refractivity contribution in [3.63, 3.8) is 0 Å². The number of nitrogens with zero attached hydrogens (tertiary/aromatic N) is 1. The molecule has 2 rings (SSSR count). The number of hydrogen-bond acceptors (Lipinski definition) is 3. The Kier molecular flexibility index (Phi) is 4.47. The van der Waals surface area contributed by atoms with Crippen molar-refractivity contribution >= 4 is 9.84 Å². The molecule has 2 aromatic rings. The first kappa shape index (κ1) is 15.7. The van der Waals surface area contributed by atoms with Gasteiger partial charge in [-0.25, -0.2) is 8.42 Å². The van der Waals surface area contributed by atoms with Crippen LogP contribution in [0.1, 0.15) is 32.0 Å². The molecule has 0 bridgehead atoms. The fourth-order valence-corrected chi connectivity index (χ4v) is 3.33. The number of rotatable bonds is 4. The number of sulfone groups is 1. The molecule has 3 nitrogen and oxygen atoms in total. The van der Waals surface area contributed by atoms with Crippen LogP contribution in [0, 0.1) is 0 Å². The molecule has 4 heteroatoms. The highest BCUT2D eigenvalue weighted by Gasteiger charge is 2.17. The summed E-state index contributed by atoms with van der Waals surface area (Å²) in [6, 6.07) is 12.7. The Balaban J connectivity index is 2.13. The standard InChI is InChI=1S/C17H21NO2S/c1-17(2,3)14-7-9-16(10-8-14)21(19,20)13-11-15-6-4-5-12-18-15/h4-10,12H,11,13H2,1-3H3. The fourth-order valence-electron chi connectivity index (χ4n) is 2.07. The maximum atomic E-state index is 12.3. The second-order valence-electron chi connectivity index (χ2n) is 6.16. The van der Waals surface area contributed by atoms with Crippen LogP contribution < -0.4 is 0 Å².